The summed E-state index contributed by atoms with van der Waals surface area (Å²) in [4.78, 5) is 33.1. The zero-order valence-corrected chi connectivity index (χ0v) is 16.2. The smallest absolute Gasteiger partial charge is 0.321 e. The lowest BCUT2D eigenvalue weighted by Gasteiger charge is -2.11. The summed E-state index contributed by atoms with van der Waals surface area (Å²) < 4.78 is 0. The van der Waals surface area contributed by atoms with E-state index in [-0.39, 0.29) is 5.91 Å². The zero-order valence-electron chi connectivity index (χ0n) is 14.6. The largest absolute Gasteiger partial charge is 0.341 e. The molecule has 3 amide bonds. The summed E-state index contributed by atoms with van der Waals surface area (Å²) in [7, 11) is 1.47. The number of aryl methyl sites for hydroxylation is 1. The van der Waals surface area contributed by atoms with E-state index in [1.54, 1.807) is 18.3 Å². The highest BCUT2D eigenvalue weighted by atomic mass is 32.2. The zero-order chi connectivity index (χ0) is 18.7. The van der Waals surface area contributed by atoms with Crippen LogP contribution in [0.1, 0.15) is 12.5 Å². The van der Waals surface area contributed by atoms with E-state index in [9.17, 15) is 9.59 Å². The second-order valence-electron chi connectivity index (χ2n) is 5.70. The molecule has 0 fully saturated rings. The Morgan fingerprint density at radius 3 is 2.62 bits per heavy atom. The molecule has 3 aromatic rings. The van der Waals surface area contributed by atoms with Crippen LogP contribution in [0.2, 0.25) is 0 Å². The molecule has 2 heterocycles. The molecular formula is C18H18N4O2S2. The summed E-state index contributed by atoms with van der Waals surface area (Å²) in [6, 6.07) is 7.75. The van der Waals surface area contributed by atoms with E-state index in [4.69, 9.17) is 0 Å². The fraction of sp³-hybridized carbons (Fsp3) is 0.222. The van der Waals surface area contributed by atoms with Gasteiger partial charge in [-0.3, -0.25) is 10.1 Å². The van der Waals surface area contributed by atoms with Crippen molar-refractivity contribution in [3.8, 4) is 11.1 Å². The quantitative estimate of drug-likeness (QED) is 0.529. The highest BCUT2D eigenvalue weighted by Crippen LogP contribution is 2.38. The first-order valence-electron chi connectivity index (χ1n) is 7.98. The van der Waals surface area contributed by atoms with Crippen LogP contribution in [0.25, 0.3) is 21.3 Å². The molecule has 8 heteroatoms. The minimum Gasteiger partial charge on any atom is -0.341 e. The number of benzene rings is 1. The van der Waals surface area contributed by atoms with Crippen molar-refractivity contribution in [1.29, 1.82) is 0 Å². The van der Waals surface area contributed by atoms with Crippen molar-refractivity contribution < 1.29 is 9.59 Å². The molecule has 1 unspecified atom stereocenters. The maximum atomic E-state index is 12.1. The van der Waals surface area contributed by atoms with E-state index in [0.29, 0.717) is 0 Å². The van der Waals surface area contributed by atoms with Crippen LogP contribution in [0.5, 0.6) is 0 Å². The molecule has 0 aliphatic heterocycles. The summed E-state index contributed by atoms with van der Waals surface area (Å²) >= 11 is 2.86. The Morgan fingerprint density at radius 1 is 1.19 bits per heavy atom. The molecule has 0 spiro atoms. The number of urea groups is 1. The minimum atomic E-state index is -0.522. The van der Waals surface area contributed by atoms with Crippen molar-refractivity contribution in [3.05, 3.63) is 41.5 Å². The van der Waals surface area contributed by atoms with Gasteiger partial charge >= 0.3 is 6.03 Å². The first kappa shape index (κ1) is 18.3. The third kappa shape index (κ3) is 3.86. The van der Waals surface area contributed by atoms with Gasteiger partial charge in [0.05, 0.1) is 10.6 Å². The van der Waals surface area contributed by atoms with Crippen LogP contribution < -0.4 is 10.6 Å². The Bertz CT molecular complexity index is 953. The fourth-order valence-corrected chi connectivity index (χ4v) is 4.29. The Hall–Kier alpha value is -2.45. The molecule has 0 saturated carbocycles. The molecule has 0 aliphatic carbocycles. The Balaban J connectivity index is 1.94. The standard InChI is InChI=1S/C18H18N4O2S2/c1-10-4-6-12(7-5-10)13-8-25-16-14(13)17(21-9-20-16)26-11(2)15(23)22-18(24)19-3/h4-9,11H,1-3H3,(H2,19,22,23,24). The van der Waals surface area contributed by atoms with Gasteiger partial charge in [-0.05, 0) is 19.4 Å². The van der Waals surface area contributed by atoms with Gasteiger partial charge in [0.1, 0.15) is 16.2 Å². The van der Waals surface area contributed by atoms with Gasteiger partial charge in [0.15, 0.2) is 0 Å². The van der Waals surface area contributed by atoms with Crippen LogP contribution in [0, 0.1) is 6.92 Å². The second kappa shape index (κ2) is 7.84. The van der Waals surface area contributed by atoms with Crippen molar-refractivity contribution in [2.45, 2.75) is 24.1 Å². The third-order valence-corrected chi connectivity index (χ3v) is 5.81. The number of fused-ring (bicyclic) bond motifs is 1. The summed E-state index contributed by atoms with van der Waals surface area (Å²) in [5.74, 6) is -0.367. The molecule has 26 heavy (non-hydrogen) atoms. The lowest BCUT2D eigenvalue weighted by Crippen LogP contribution is -2.41. The SMILES string of the molecule is CNC(=O)NC(=O)C(C)Sc1ncnc2scc(-c3ccc(C)cc3)c12. The summed E-state index contributed by atoms with van der Waals surface area (Å²) in [5.41, 5.74) is 3.33. The van der Waals surface area contributed by atoms with Gasteiger partial charge in [-0.25, -0.2) is 14.8 Å². The van der Waals surface area contributed by atoms with Crippen LogP contribution in [0.4, 0.5) is 4.79 Å². The van der Waals surface area contributed by atoms with Crippen molar-refractivity contribution in [1.82, 2.24) is 20.6 Å². The highest BCUT2D eigenvalue weighted by Gasteiger charge is 2.20. The first-order valence-corrected chi connectivity index (χ1v) is 9.74. The molecule has 134 valence electrons. The molecule has 6 nitrogen and oxygen atoms in total. The van der Waals surface area contributed by atoms with E-state index in [2.05, 4.69) is 50.2 Å². The summed E-state index contributed by atoms with van der Waals surface area (Å²) in [6.07, 6.45) is 1.50. The number of rotatable bonds is 4. The number of amides is 3. The van der Waals surface area contributed by atoms with Crippen LogP contribution in [0.15, 0.2) is 41.0 Å². The lowest BCUT2D eigenvalue weighted by atomic mass is 10.1. The second-order valence-corrected chi connectivity index (χ2v) is 7.89. The van der Waals surface area contributed by atoms with Crippen LogP contribution in [-0.2, 0) is 4.79 Å². The van der Waals surface area contributed by atoms with E-state index in [1.807, 2.05) is 6.92 Å². The molecule has 0 radical (unpaired) electrons. The molecule has 0 saturated heterocycles. The predicted molar refractivity (Wildman–Crippen MR) is 106 cm³/mol. The van der Waals surface area contributed by atoms with E-state index < -0.39 is 11.3 Å². The van der Waals surface area contributed by atoms with Crippen LogP contribution >= 0.6 is 23.1 Å². The van der Waals surface area contributed by atoms with Gasteiger partial charge in [-0.15, -0.1) is 11.3 Å². The topological polar surface area (TPSA) is 84.0 Å². The number of hydrogen-bond donors (Lipinski definition) is 2. The third-order valence-electron chi connectivity index (χ3n) is 3.82. The van der Waals surface area contributed by atoms with E-state index in [0.717, 1.165) is 26.4 Å². The molecular weight excluding hydrogens is 368 g/mol. The number of hydrogen-bond acceptors (Lipinski definition) is 6. The van der Waals surface area contributed by atoms with Gasteiger partial charge in [0.25, 0.3) is 0 Å². The van der Waals surface area contributed by atoms with Gasteiger partial charge in [-0.2, -0.15) is 0 Å². The van der Waals surface area contributed by atoms with Gasteiger partial charge in [-0.1, -0.05) is 41.6 Å². The molecule has 2 aromatic heterocycles. The Morgan fingerprint density at radius 2 is 1.92 bits per heavy atom. The maximum absolute atomic E-state index is 12.1. The number of thioether (sulfide) groups is 1. The molecule has 1 atom stereocenters. The maximum Gasteiger partial charge on any atom is 0.321 e. The number of nitrogens with zero attached hydrogens (tertiary/aromatic N) is 2. The van der Waals surface area contributed by atoms with Gasteiger partial charge in [0, 0.05) is 18.0 Å². The van der Waals surface area contributed by atoms with Crippen LogP contribution in [-0.4, -0.2) is 34.2 Å². The monoisotopic (exact) mass is 386 g/mol. The van der Waals surface area contributed by atoms with Crippen molar-refractivity contribution in [2.24, 2.45) is 0 Å². The number of carbonyl (C=O) groups excluding carboxylic acids is 2. The van der Waals surface area contributed by atoms with E-state index >= 15 is 0 Å². The normalized spacial score (nSPS) is 12.0. The molecule has 1 aromatic carbocycles. The number of imide groups is 1. The molecule has 0 bridgehead atoms. The molecule has 3 rings (SSSR count). The fourth-order valence-electron chi connectivity index (χ4n) is 2.38. The Kier molecular flexibility index (Phi) is 5.53. The van der Waals surface area contributed by atoms with Crippen molar-refractivity contribution in [3.63, 3.8) is 0 Å². The number of thiophene rings is 1. The highest BCUT2D eigenvalue weighted by molar-refractivity contribution is 8.00. The first-order chi connectivity index (χ1) is 12.5. The summed E-state index contributed by atoms with van der Waals surface area (Å²) in [6.45, 7) is 3.79. The number of nitrogens with one attached hydrogen (secondary N) is 2. The Labute approximate surface area is 159 Å². The predicted octanol–water partition coefficient (Wildman–Crippen LogP) is 3.60. The number of carbonyl (C=O) groups is 2. The van der Waals surface area contributed by atoms with Crippen molar-refractivity contribution in [2.75, 3.05) is 7.05 Å². The summed E-state index contributed by atoms with van der Waals surface area (Å²) in [5, 5.41) is 7.91. The lowest BCUT2D eigenvalue weighted by molar-refractivity contribution is -0.119. The van der Waals surface area contributed by atoms with Crippen LogP contribution in [0.3, 0.4) is 0 Å². The van der Waals surface area contributed by atoms with Gasteiger partial charge in [0.2, 0.25) is 5.91 Å². The van der Waals surface area contributed by atoms with Crippen molar-refractivity contribution >= 4 is 45.3 Å². The number of aromatic nitrogens is 2. The van der Waals surface area contributed by atoms with Gasteiger partial charge < -0.3 is 5.32 Å². The molecule has 2 N–H and O–H groups in total. The molecule has 0 aliphatic rings. The minimum absolute atomic E-state index is 0.367. The average Bonchev–Trinajstić information content (AvgIpc) is 3.07. The van der Waals surface area contributed by atoms with E-state index in [1.165, 1.54) is 30.7 Å². The average molecular weight is 387 g/mol.